The van der Waals surface area contributed by atoms with E-state index in [4.69, 9.17) is 5.11 Å². The van der Waals surface area contributed by atoms with Crippen molar-refractivity contribution >= 4 is 5.91 Å². The molecule has 2 aromatic carbocycles. The third-order valence-electron chi connectivity index (χ3n) is 3.83. The molecule has 0 spiro atoms. The number of amides is 1. The van der Waals surface area contributed by atoms with Gasteiger partial charge in [0.25, 0.3) is 5.91 Å². The van der Waals surface area contributed by atoms with Crippen LogP contribution < -0.4 is 5.32 Å². The average molecular weight is 326 g/mol. The van der Waals surface area contributed by atoms with E-state index < -0.39 is 0 Å². The largest absolute Gasteiger partial charge is 0.396 e. The number of aliphatic hydroxyl groups excluding tert-OH is 1. The van der Waals surface area contributed by atoms with Crippen molar-refractivity contribution in [3.8, 4) is 11.1 Å². The number of nitrogens with one attached hydrogen (secondary N) is 1. The quantitative estimate of drug-likeness (QED) is 0.822. The lowest BCUT2D eigenvalue weighted by atomic mass is 10.0. The molecule has 1 amide bonds. The van der Waals surface area contributed by atoms with E-state index in [0.717, 1.165) is 23.2 Å². The molecule has 0 unspecified atom stereocenters. The molecule has 4 heteroatoms. The standard InChI is InChI=1S/C20H26N2O2/c1-15(14-22(2)3)21-20(24)19-6-4-5-18(13-19)17-9-7-16(8-10-17)11-12-23/h4-10,13,15,23H,11-12,14H2,1-3H3,(H,21,24)/t15-/m1/s1. The highest BCUT2D eigenvalue weighted by atomic mass is 16.2. The van der Waals surface area contributed by atoms with Crippen LogP contribution in [0.25, 0.3) is 11.1 Å². The number of benzene rings is 2. The van der Waals surface area contributed by atoms with Crippen molar-refractivity contribution in [1.82, 2.24) is 10.2 Å². The lowest BCUT2D eigenvalue weighted by Crippen LogP contribution is -2.39. The smallest absolute Gasteiger partial charge is 0.251 e. The van der Waals surface area contributed by atoms with Gasteiger partial charge in [0.05, 0.1) is 0 Å². The summed E-state index contributed by atoms with van der Waals surface area (Å²) < 4.78 is 0. The van der Waals surface area contributed by atoms with Crippen molar-refractivity contribution in [2.24, 2.45) is 0 Å². The second-order valence-electron chi connectivity index (χ2n) is 6.39. The van der Waals surface area contributed by atoms with Gasteiger partial charge in [-0.1, -0.05) is 36.4 Å². The Morgan fingerprint density at radius 3 is 2.46 bits per heavy atom. The van der Waals surface area contributed by atoms with Crippen molar-refractivity contribution in [3.05, 3.63) is 59.7 Å². The summed E-state index contributed by atoms with van der Waals surface area (Å²) in [5, 5.41) is 12.0. The third kappa shape index (κ3) is 5.18. The molecule has 0 bridgehead atoms. The molecular weight excluding hydrogens is 300 g/mol. The molecule has 0 fully saturated rings. The Bertz CT molecular complexity index is 666. The van der Waals surface area contributed by atoms with Crippen LogP contribution in [0.15, 0.2) is 48.5 Å². The first kappa shape index (κ1) is 18.2. The molecule has 0 radical (unpaired) electrons. The van der Waals surface area contributed by atoms with Crippen LogP contribution in [0.3, 0.4) is 0 Å². The van der Waals surface area contributed by atoms with Crippen molar-refractivity contribution in [2.75, 3.05) is 27.2 Å². The van der Waals surface area contributed by atoms with Gasteiger partial charge in [-0.05, 0) is 56.3 Å². The molecule has 2 N–H and O–H groups in total. The molecule has 0 aromatic heterocycles. The van der Waals surface area contributed by atoms with Crippen molar-refractivity contribution < 1.29 is 9.90 Å². The maximum absolute atomic E-state index is 12.4. The highest BCUT2D eigenvalue weighted by Gasteiger charge is 2.11. The summed E-state index contributed by atoms with van der Waals surface area (Å²) in [4.78, 5) is 14.5. The molecule has 0 heterocycles. The van der Waals surface area contributed by atoms with Crippen molar-refractivity contribution in [1.29, 1.82) is 0 Å². The predicted molar refractivity (Wildman–Crippen MR) is 98.2 cm³/mol. The number of hydrogen-bond acceptors (Lipinski definition) is 3. The summed E-state index contributed by atoms with van der Waals surface area (Å²) in [6, 6.07) is 15.8. The number of rotatable bonds is 7. The highest BCUT2D eigenvalue weighted by molar-refractivity contribution is 5.95. The third-order valence-corrected chi connectivity index (χ3v) is 3.83. The van der Waals surface area contributed by atoms with Gasteiger partial charge in [-0.25, -0.2) is 0 Å². The molecule has 0 saturated carbocycles. The lowest BCUT2D eigenvalue weighted by Gasteiger charge is -2.18. The van der Waals surface area contributed by atoms with E-state index in [1.54, 1.807) is 0 Å². The Morgan fingerprint density at radius 1 is 1.12 bits per heavy atom. The van der Waals surface area contributed by atoms with E-state index >= 15 is 0 Å². The Hall–Kier alpha value is -2.17. The van der Waals surface area contributed by atoms with E-state index in [9.17, 15) is 4.79 Å². The zero-order valence-electron chi connectivity index (χ0n) is 14.6. The van der Waals surface area contributed by atoms with Crippen LogP contribution >= 0.6 is 0 Å². The summed E-state index contributed by atoms with van der Waals surface area (Å²) in [7, 11) is 3.98. The number of likely N-dealkylation sites (N-methyl/N-ethyl adjacent to an activating group) is 1. The van der Waals surface area contributed by atoms with Crippen LogP contribution in [0.2, 0.25) is 0 Å². The highest BCUT2D eigenvalue weighted by Crippen LogP contribution is 2.21. The number of carbonyl (C=O) groups is 1. The summed E-state index contributed by atoms with van der Waals surface area (Å²) in [5.74, 6) is -0.0527. The second kappa shape index (κ2) is 8.62. The predicted octanol–water partition coefficient (Wildman–Crippen LogP) is 2.57. The first-order chi connectivity index (χ1) is 11.5. The normalized spacial score (nSPS) is 12.2. The number of carbonyl (C=O) groups excluding carboxylic acids is 1. The van der Waals surface area contributed by atoms with E-state index in [2.05, 4.69) is 10.2 Å². The molecule has 0 aliphatic carbocycles. The average Bonchev–Trinajstić information content (AvgIpc) is 2.55. The minimum Gasteiger partial charge on any atom is -0.396 e. The molecular formula is C20H26N2O2. The van der Waals surface area contributed by atoms with Crippen LogP contribution in [0.1, 0.15) is 22.8 Å². The second-order valence-corrected chi connectivity index (χ2v) is 6.39. The Kier molecular flexibility index (Phi) is 6.53. The SMILES string of the molecule is C[C@H](CN(C)C)NC(=O)c1cccc(-c2ccc(CCO)cc2)c1. The minimum atomic E-state index is -0.0527. The first-order valence-electron chi connectivity index (χ1n) is 8.25. The van der Waals surface area contributed by atoms with Gasteiger partial charge in [-0.15, -0.1) is 0 Å². The Morgan fingerprint density at radius 2 is 1.83 bits per heavy atom. The summed E-state index contributed by atoms with van der Waals surface area (Å²) >= 11 is 0. The fourth-order valence-corrected chi connectivity index (χ4v) is 2.73. The van der Waals surface area contributed by atoms with E-state index in [1.807, 2.05) is 69.6 Å². The molecule has 0 aliphatic heterocycles. The van der Waals surface area contributed by atoms with Gasteiger partial charge in [0, 0.05) is 24.8 Å². The summed E-state index contributed by atoms with van der Waals surface area (Å²) in [5.41, 5.74) is 3.84. The molecule has 24 heavy (non-hydrogen) atoms. The Labute approximate surface area is 144 Å². The Balaban J connectivity index is 2.11. The van der Waals surface area contributed by atoms with E-state index in [-0.39, 0.29) is 18.6 Å². The zero-order chi connectivity index (χ0) is 17.5. The van der Waals surface area contributed by atoms with Crippen LogP contribution in [0, 0.1) is 0 Å². The molecule has 0 saturated heterocycles. The van der Waals surface area contributed by atoms with Crippen LogP contribution in [-0.4, -0.2) is 49.2 Å². The van der Waals surface area contributed by atoms with E-state index in [1.165, 1.54) is 0 Å². The molecule has 2 aromatic rings. The van der Waals surface area contributed by atoms with Crippen LogP contribution in [0.5, 0.6) is 0 Å². The fourth-order valence-electron chi connectivity index (χ4n) is 2.73. The van der Waals surface area contributed by atoms with Gasteiger partial charge in [0.1, 0.15) is 0 Å². The first-order valence-corrected chi connectivity index (χ1v) is 8.25. The van der Waals surface area contributed by atoms with E-state index in [0.29, 0.717) is 12.0 Å². The van der Waals surface area contributed by atoms with Crippen LogP contribution in [-0.2, 0) is 6.42 Å². The summed E-state index contributed by atoms with van der Waals surface area (Å²) in [6.45, 7) is 2.96. The zero-order valence-corrected chi connectivity index (χ0v) is 14.6. The molecule has 2 rings (SSSR count). The number of hydrogen-bond donors (Lipinski definition) is 2. The van der Waals surface area contributed by atoms with Crippen LogP contribution in [0.4, 0.5) is 0 Å². The number of aliphatic hydroxyl groups is 1. The van der Waals surface area contributed by atoms with Crippen molar-refractivity contribution in [3.63, 3.8) is 0 Å². The maximum Gasteiger partial charge on any atom is 0.251 e. The monoisotopic (exact) mass is 326 g/mol. The van der Waals surface area contributed by atoms with Gasteiger partial charge < -0.3 is 15.3 Å². The van der Waals surface area contributed by atoms with Crippen molar-refractivity contribution in [2.45, 2.75) is 19.4 Å². The van der Waals surface area contributed by atoms with Gasteiger partial charge >= 0.3 is 0 Å². The van der Waals surface area contributed by atoms with Gasteiger partial charge in [-0.2, -0.15) is 0 Å². The van der Waals surface area contributed by atoms with Gasteiger partial charge in [0.2, 0.25) is 0 Å². The maximum atomic E-state index is 12.4. The number of nitrogens with zero attached hydrogens (tertiary/aromatic N) is 1. The topological polar surface area (TPSA) is 52.6 Å². The van der Waals surface area contributed by atoms with Gasteiger partial charge in [-0.3, -0.25) is 4.79 Å². The molecule has 4 nitrogen and oxygen atoms in total. The summed E-state index contributed by atoms with van der Waals surface area (Å²) in [6.07, 6.45) is 0.659. The molecule has 0 aliphatic rings. The lowest BCUT2D eigenvalue weighted by molar-refractivity contribution is 0.0934. The van der Waals surface area contributed by atoms with Gasteiger partial charge in [0.15, 0.2) is 0 Å². The fraction of sp³-hybridized carbons (Fsp3) is 0.350. The minimum absolute atomic E-state index is 0.0527. The molecule has 1 atom stereocenters. The molecule has 128 valence electrons.